The second kappa shape index (κ2) is 3.46. The van der Waals surface area contributed by atoms with E-state index in [-0.39, 0.29) is 18.8 Å². The van der Waals surface area contributed by atoms with Gasteiger partial charge in [-0.15, -0.1) is 12.4 Å². The van der Waals surface area contributed by atoms with E-state index in [4.69, 9.17) is 0 Å². The van der Waals surface area contributed by atoms with Crippen LogP contribution in [-0.2, 0) is 4.74 Å². The van der Waals surface area contributed by atoms with Crippen LogP contribution < -0.4 is 5.32 Å². The van der Waals surface area contributed by atoms with Crippen molar-refractivity contribution in [2.24, 2.45) is 0 Å². The minimum Gasteiger partial charge on any atom is -0.357 e. The maximum atomic E-state index is 12.2. The van der Waals surface area contributed by atoms with Gasteiger partial charge in [-0.2, -0.15) is 0 Å². The van der Waals surface area contributed by atoms with Crippen LogP contribution in [0.25, 0.3) is 0 Å². The van der Waals surface area contributed by atoms with E-state index in [0.29, 0.717) is 0 Å². The average molecular weight is 174 g/mol. The van der Waals surface area contributed by atoms with Crippen LogP contribution >= 0.6 is 12.4 Å². The summed E-state index contributed by atoms with van der Waals surface area (Å²) in [5, 5.41) is 2.62. The molecule has 2 nitrogen and oxygen atoms in total. The Morgan fingerprint density at radius 3 is 2.40 bits per heavy atom. The van der Waals surface area contributed by atoms with E-state index < -0.39 is 18.8 Å². The lowest BCUT2D eigenvalue weighted by Crippen LogP contribution is -2.24. The molecular formula is C5H10ClF2NO. The minimum atomic E-state index is -2.62. The van der Waals surface area contributed by atoms with Gasteiger partial charge in [0.25, 0.3) is 5.92 Å². The highest BCUT2D eigenvalue weighted by Crippen LogP contribution is 2.27. The number of hydrogen-bond donors (Lipinski definition) is 1. The quantitative estimate of drug-likeness (QED) is 0.639. The summed E-state index contributed by atoms with van der Waals surface area (Å²) >= 11 is 0. The van der Waals surface area contributed by atoms with Crippen molar-refractivity contribution in [1.82, 2.24) is 5.32 Å². The van der Waals surface area contributed by atoms with Crippen molar-refractivity contribution in [2.45, 2.75) is 18.6 Å². The Labute approximate surface area is 64.3 Å². The van der Waals surface area contributed by atoms with Gasteiger partial charge in [0.1, 0.15) is 12.8 Å². The summed E-state index contributed by atoms with van der Waals surface area (Å²) in [7, 11) is 1.60. The van der Waals surface area contributed by atoms with Crippen LogP contribution in [-0.4, -0.2) is 25.8 Å². The van der Waals surface area contributed by atoms with Crippen molar-refractivity contribution >= 4 is 12.4 Å². The van der Waals surface area contributed by atoms with E-state index >= 15 is 0 Å². The van der Waals surface area contributed by atoms with Crippen LogP contribution in [0.2, 0.25) is 0 Å². The van der Waals surface area contributed by atoms with E-state index in [1.54, 1.807) is 7.05 Å². The molecule has 1 unspecified atom stereocenters. The molecule has 1 aliphatic heterocycles. The average Bonchev–Trinajstić information content (AvgIpc) is 2.10. The lowest BCUT2D eigenvalue weighted by Gasteiger charge is -2.05. The third kappa shape index (κ3) is 2.36. The van der Waals surface area contributed by atoms with Gasteiger partial charge in [0.05, 0.1) is 6.42 Å². The first-order valence-corrected chi connectivity index (χ1v) is 2.81. The standard InChI is InChI=1S/C5H9F2NO.ClH/c1-8-4-2-5(6,7)3-9-4;/h4,8H,2-3H2,1H3;1H. The molecule has 0 aliphatic carbocycles. The van der Waals surface area contributed by atoms with Crippen LogP contribution in [0.5, 0.6) is 0 Å². The largest absolute Gasteiger partial charge is 0.357 e. The number of rotatable bonds is 1. The minimum absolute atomic E-state index is 0. The topological polar surface area (TPSA) is 21.3 Å². The van der Waals surface area contributed by atoms with Gasteiger partial charge >= 0.3 is 0 Å². The van der Waals surface area contributed by atoms with E-state index in [0.717, 1.165) is 0 Å². The molecule has 1 heterocycles. The predicted molar refractivity (Wildman–Crippen MR) is 35.6 cm³/mol. The van der Waals surface area contributed by atoms with Crippen molar-refractivity contribution in [3.63, 3.8) is 0 Å². The summed E-state index contributed by atoms with van der Waals surface area (Å²) < 4.78 is 29.1. The fourth-order valence-electron chi connectivity index (χ4n) is 0.797. The van der Waals surface area contributed by atoms with Gasteiger partial charge in [0.15, 0.2) is 0 Å². The zero-order valence-corrected chi connectivity index (χ0v) is 6.38. The molecule has 0 aromatic heterocycles. The highest BCUT2D eigenvalue weighted by atomic mass is 35.5. The first-order chi connectivity index (χ1) is 4.14. The smallest absolute Gasteiger partial charge is 0.274 e. The molecule has 0 amide bonds. The zero-order chi connectivity index (χ0) is 6.91. The molecule has 1 fully saturated rings. The maximum absolute atomic E-state index is 12.2. The molecule has 0 aromatic rings. The van der Waals surface area contributed by atoms with Gasteiger partial charge in [0.2, 0.25) is 0 Å². The van der Waals surface area contributed by atoms with Gasteiger partial charge in [0, 0.05) is 0 Å². The first-order valence-electron chi connectivity index (χ1n) is 2.81. The summed E-state index contributed by atoms with van der Waals surface area (Å²) in [4.78, 5) is 0. The van der Waals surface area contributed by atoms with E-state index in [1.165, 1.54) is 0 Å². The Balaban J connectivity index is 0.000000810. The molecule has 0 bridgehead atoms. The Morgan fingerprint density at radius 2 is 2.20 bits per heavy atom. The van der Waals surface area contributed by atoms with E-state index in [9.17, 15) is 8.78 Å². The van der Waals surface area contributed by atoms with Crippen molar-refractivity contribution in [2.75, 3.05) is 13.7 Å². The van der Waals surface area contributed by atoms with Crippen LogP contribution in [0.15, 0.2) is 0 Å². The fraction of sp³-hybridized carbons (Fsp3) is 1.00. The van der Waals surface area contributed by atoms with E-state index in [2.05, 4.69) is 10.1 Å². The molecule has 5 heteroatoms. The molecule has 62 valence electrons. The molecule has 1 atom stereocenters. The van der Waals surface area contributed by atoms with Crippen molar-refractivity contribution in [3.05, 3.63) is 0 Å². The molecule has 0 aromatic carbocycles. The highest BCUT2D eigenvalue weighted by molar-refractivity contribution is 5.85. The Hall–Kier alpha value is 0.0700. The first kappa shape index (κ1) is 10.1. The lowest BCUT2D eigenvalue weighted by molar-refractivity contribution is -0.0109. The lowest BCUT2D eigenvalue weighted by atomic mass is 10.3. The maximum Gasteiger partial charge on any atom is 0.274 e. The molecular weight excluding hydrogens is 164 g/mol. The fourth-order valence-corrected chi connectivity index (χ4v) is 0.797. The molecule has 0 radical (unpaired) electrons. The van der Waals surface area contributed by atoms with Crippen LogP contribution in [0.3, 0.4) is 0 Å². The second-order valence-electron chi connectivity index (χ2n) is 2.15. The third-order valence-corrected chi connectivity index (χ3v) is 1.30. The zero-order valence-electron chi connectivity index (χ0n) is 5.56. The number of ether oxygens (including phenoxy) is 1. The molecule has 0 saturated carbocycles. The van der Waals surface area contributed by atoms with Crippen LogP contribution in [0.1, 0.15) is 6.42 Å². The Bertz CT molecular complexity index is 112. The van der Waals surface area contributed by atoms with Crippen molar-refractivity contribution in [1.29, 1.82) is 0 Å². The number of alkyl halides is 2. The van der Waals surface area contributed by atoms with Gasteiger partial charge in [-0.1, -0.05) is 0 Å². The van der Waals surface area contributed by atoms with Gasteiger partial charge < -0.3 is 4.74 Å². The summed E-state index contributed by atoms with van der Waals surface area (Å²) in [6.07, 6.45) is -0.663. The van der Waals surface area contributed by atoms with Crippen LogP contribution in [0, 0.1) is 0 Å². The van der Waals surface area contributed by atoms with Crippen molar-refractivity contribution in [3.8, 4) is 0 Å². The highest BCUT2D eigenvalue weighted by Gasteiger charge is 2.39. The normalized spacial score (nSPS) is 29.7. The van der Waals surface area contributed by atoms with Crippen molar-refractivity contribution < 1.29 is 13.5 Å². The Morgan fingerprint density at radius 1 is 1.60 bits per heavy atom. The molecule has 10 heavy (non-hydrogen) atoms. The van der Waals surface area contributed by atoms with E-state index in [1.807, 2.05) is 0 Å². The van der Waals surface area contributed by atoms with Gasteiger partial charge in [-0.3, -0.25) is 5.32 Å². The summed E-state index contributed by atoms with van der Waals surface area (Å²) in [6.45, 7) is -0.446. The van der Waals surface area contributed by atoms with Crippen LogP contribution in [0.4, 0.5) is 8.78 Å². The third-order valence-electron chi connectivity index (χ3n) is 1.30. The molecule has 0 spiro atoms. The van der Waals surface area contributed by atoms with Gasteiger partial charge in [-0.05, 0) is 7.05 Å². The molecule has 1 saturated heterocycles. The molecule has 1 N–H and O–H groups in total. The molecule has 1 aliphatic rings. The summed E-state index contributed by atoms with van der Waals surface area (Å²) in [5.41, 5.74) is 0. The number of hydrogen-bond acceptors (Lipinski definition) is 2. The van der Waals surface area contributed by atoms with Gasteiger partial charge in [-0.25, -0.2) is 8.78 Å². The summed E-state index contributed by atoms with van der Waals surface area (Å²) in [6, 6.07) is 0. The second-order valence-corrected chi connectivity index (χ2v) is 2.15. The number of halogens is 3. The number of nitrogens with one attached hydrogen (secondary N) is 1. The summed E-state index contributed by atoms with van der Waals surface area (Å²) in [5.74, 6) is -2.62. The Kier molecular flexibility index (Phi) is 3.48. The SMILES string of the molecule is CNC1CC(F)(F)CO1.Cl. The monoisotopic (exact) mass is 173 g/mol. The molecule has 1 rings (SSSR count). The predicted octanol–water partition coefficient (Wildman–Crippen LogP) is 1.01.